The molecule has 1 rings (SSSR count). The van der Waals surface area contributed by atoms with Crippen LogP contribution in [0.2, 0.25) is 5.02 Å². The zero-order valence-electron chi connectivity index (χ0n) is 10.8. The number of thiocarbonyl (C=S) groups is 1. The Kier molecular flexibility index (Phi) is 5.77. The van der Waals surface area contributed by atoms with Gasteiger partial charge < -0.3 is 11.1 Å². The van der Waals surface area contributed by atoms with Crippen molar-refractivity contribution in [2.24, 2.45) is 11.1 Å². The zero-order chi connectivity index (χ0) is 14.6. The van der Waals surface area contributed by atoms with Gasteiger partial charge in [0.05, 0.1) is 21.1 Å². The van der Waals surface area contributed by atoms with Crippen LogP contribution in [-0.2, 0) is 4.79 Å². The topological polar surface area (TPSA) is 55.1 Å². The summed E-state index contributed by atoms with van der Waals surface area (Å²) >= 11 is 14.4. The third-order valence-electron chi connectivity index (χ3n) is 3.29. The second-order valence-corrected chi connectivity index (χ2v) is 5.99. The molecule has 0 radical (unpaired) electrons. The minimum atomic E-state index is -0.828. The van der Waals surface area contributed by atoms with Gasteiger partial charge in [-0.1, -0.05) is 53.6 Å². The Morgan fingerprint density at radius 3 is 2.47 bits per heavy atom. The molecule has 104 valence electrons. The van der Waals surface area contributed by atoms with Gasteiger partial charge in [-0.3, -0.25) is 4.79 Å². The lowest BCUT2D eigenvalue weighted by molar-refractivity contribution is -0.122. The molecule has 0 heterocycles. The number of rotatable bonds is 5. The molecule has 3 nitrogen and oxygen atoms in total. The number of benzene rings is 1. The minimum absolute atomic E-state index is 0.211. The predicted molar refractivity (Wildman–Crippen MR) is 87.6 cm³/mol. The first-order valence-electron chi connectivity index (χ1n) is 5.93. The highest BCUT2D eigenvalue weighted by atomic mass is 79.9. The van der Waals surface area contributed by atoms with Gasteiger partial charge in [0.1, 0.15) is 0 Å². The van der Waals surface area contributed by atoms with Crippen molar-refractivity contribution >= 4 is 56.3 Å². The summed E-state index contributed by atoms with van der Waals surface area (Å²) in [6.45, 7) is 3.79. The molecular formula is C13H16BrClN2OS. The molecule has 1 aromatic carbocycles. The standard InChI is InChI=1S/C13H16BrClN2OS/c1-3-13(4-2,11(16)19)12(18)17-10-6-5-8(14)7-9(10)15/h5-7H,3-4H2,1-2H3,(H2,16,19)(H,17,18). The van der Waals surface area contributed by atoms with Crippen LogP contribution in [0, 0.1) is 5.41 Å². The maximum Gasteiger partial charge on any atom is 0.237 e. The number of carbonyl (C=O) groups excluding carboxylic acids is 1. The fourth-order valence-corrected chi connectivity index (χ4v) is 2.97. The molecule has 0 spiro atoms. The quantitative estimate of drug-likeness (QED) is 0.773. The normalized spacial score (nSPS) is 11.2. The number of hydrogen-bond acceptors (Lipinski definition) is 2. The van der Waals surface area contributed by atoms with Crippen molar-refractivity contribution < 1.29 is 4.79 Å². The van der Waals surface area contributed by atoms with Crippen LogP contribution in [0.4, 0.5) is 5.69 Å². The molecule has 0 aliphatic rings. The molecule has 0 bridgehead atoms. The second-order valence-electron chi connectivity index (χ2n) is 4.23. The maximum absolute atomic E-state index is 12.4. The van der Waals surface area contributed by atoms with Crippen LogP contribution in [0.3, 0.4) is 0 Å². The van der Waals surface area contributed by atoms with E-state index in [4.69, 9.17) is 29.6 Å². The molecule has 0 atom stereocenters. The number of halogens is 2. The smallest absolute Gasteiger partial charge is 0.237 e. The van der Waals surface area contributed by atoms with E-state index in [1.165, 1.54) is 0 Å². The average molecular weight is 364 g/mol. The summed E-state index contributed by atoms with van der Waals surface area (Å²) < 4.78 is 0.849. The Morgan fingerprint density at radius 1 is 1.47 bits per heavy atom. The van der Waals surface area contributed by atoms with Crippen molar-refractivity contribution in [3.05, 3.63) is 27.7 Å². The lowest BCUT2D eigenvalue weighted by atomic mass is 9.81. The summed E-state index contributed by atoms with van der Waals surface area (Å²) in [4.78, 5) is 12.6. The van der Waals surface area contributed by atoms with Crippen molar-refractivity contribution in [2.45, 2.75) is 26.7 Å². The Balaban J connectivity index is 3.03. The first-order valence-corrected chi connectivity index (χ1v) is 7.51. The minimum Gasteiger partial charge on any atom is -0.392 e. The van der Waals surface area contributed by atoms with Gasteiger partial charge in [-0.15, -0.1) is 0 Å². The Bertz CT molecular complexity index is 503. The number of amides is 1. The van der Waals surface area contributed by atoms with Gasteiger partial charge in [-0.05, 0) is 31.0 Å². The number of nitrogens with two attached hydrogens (primary N) is 1. The highest BCUT2D eigenvalue weighted by molar-refractivity contribution is 9.10. The summed E-state index contributed by atoms with van der Waals surface area (Å²) in [5, 5.41) is 3.27. The number of carbonyl (C=O) groups is 1. The van der Waals surface area contributed by atoms with E-state index < -0.39 is 5.41 Å². The first-order chi connectivity index (χ1) is 8.87. The summed E-state index contributed by atoms with van der Waals surface area (Å²) in [5.41, 5.74) is 5.47. The summed E-state index contributed by atoms with van der Waals surface area (Å²) in [6, 6.07) is 5.26. The molecule has 19 heavy (non-hydrogen) atoms. The fourth-order valence-electron chi connectivity index (χ4n) is 1.86. The average Bonchev–Trinajstić information content (AvgIpc) is 2.34. The molecule has 1 aromatic rings. The highest BCUT2D eigenvalue weighted by Crippen LogP contribution is 2.31. The predicted octanol–water partition coefficient (Wildman–Crippen LogP) is 4.13. The van der Waals surface area contributed by atoms with E-state index >= 15 is 0 Å². The van der Waals surface area contributed by atoms with Gasteiger partial charge in [0, 0.05) is 4.47 Å². The Labute approximate surface area is 132 Å². The third kappa shape index (κ3) is 3.46. The van der Waals surface area contributed by atoms with Crippen molar-refractivity contribution in [1.29, 1.82) is 0 Å². The van der Waals surface area contributed by atoms with Crippen molar-refractivity contribution in [1.82, 2.24) is 0 Å². The summed E-state index contributed by atoms with van der Waals surface area (Å²) in [5.74, 6) is -0.214. The molecule has 0 saturated heterocycles. The van der Waals surface area contributed by atoms with Gasteiger partial charge in [0.25, 0.3) is 0 Å². The Hall–Kier alpha value is -0.650. The number of hydrogen-bond donors (Lipinski definition) is 2. The molecular weight excluding hydrogens is 348 g/mol. The van der Waals surface area contributed by atoms with E-state index in [9.17, 15) is 4.79 Å². The van der Waals surface area contributed by atoms with Gasteiger partial charge in [-0.25, -0.2) is 0 Å². The first kappa shape index (κ1) is 16.4. The zero-order valence-corrected chi connectivity index (χ0v) is 14.0. The van der Waals surface area contributed by atoms with Crippen LogP contribution in [-0.4, -0.2) is 10.9 Å². The molecule has 1 amide bonds. The van der Waals surface area contributed by atoms with Crippen molar-refractivity contribution in [3.8, 4) is 0 Å². The number of nitrogens with one attached hydrogen (secondary N) is 1. The Morgan fingerprint density at radius 2 is 2.05 bits per heavy atom. The van der Waals surface area contributed by atoms with E-state index in [1.807, 2.05) is 19.9 Å². The van der Waals surface area contributed by atoms with Gasteiger partial charge in [-0.2, -0.15) is 0 Å². The molecule has 3 N–H and O–H groups in total. The largest absolute Gasteiger partial charge is 0.392 e. The lowest BCUT2D eigenvalue weighted by Gasteiger charge is -2.29. The van der Waals surface area contributed by atoms with Gasteiger partial charge in [0.2, 0.25) is 5.91 Å². The molecule has 0 unspecified atom stereocenters. The van der Waals surface area contributed by atoms with E-state index in [-0.39, 0.29) is 10.9 Å². The second kappa shape index (κ2) is 6.68. The van der Waals surface area contributed by atoms with Crippen LogP contribution in [0.15, 0.2) is 22.7 Å². The van der Waals surface area contributed by atoms with Gasteiger partial charge >= 0.3 is 0 Å². The van der Waals surface area contributed by atoms with Crippen LogP contribution in [0.5, 0.6) is 0 Å². The van der Waals surface area contributed by atoms with Crippen LogP contribution in [0.1, 0.15) is 26.7 Å². The monoisotopic (exact) mass is 362 g/mol. The molecule has 0 aromatic heterocycles. The van der Waals surface area contributed by atoms with E-state index in [0.717, 1.165) is 4.47 Å². The maximum atomic E-state index is 12.4. The van der Waals surface area contributed by atoms with Crippen molar-refractivity contribution in [2.75, 3.05) is 5.32 Å². The van der Waals surface area contributed by atoms with Crippen LogP contribution < -0.4 is 11.1 Å². The lowest BCUT2D eigenvalue weighted by Crippen LogP contribution is -2.45. The van der Waals surface area contributed by atoms with Gasteiger partial charge in [0.15, 0.2) is 0 Å². The highest BCUT2D eigenvalue weighted by Gasteiger charge is 2.38. The molecule has 6 heteroatoms. The van der Waals surface area contributed by atoms with E-state index in [2.05, 4.69) is 21.2 Å². The SMILES string of the molecule is CCC(CC)(C(=O)Nc1ccc(Br)cc1Cl)C(N)=S. The van der Waals surface area contributed by atoms with E-state index in [1.54, 1.807) is 12.1 Å². The fraction of sp³-hybridized carbons (Fsp3) is 0.385. The molecule has 0 fully saturated rings. The van der Waals surface area contributed by atoms with E-state index in [0.29, 0.717) is 23.6 Å². The van der Waals surface area contributed by atoms with Crippen LogP contribution in [0.25, 0.3) is 0 Å². The summed E-state index contributed by atoms with van der Waals surface area (Å²) in [6.07, 6.45) is 1.11. The summed E-state index contributed by atoms with van der Waals surface area (Å²) in [7, 11) is 0. The van der Waals surface area contributed by atoms with Crippen molar-refractivity contribution in [3.63, 3.8) is 0 Å². The van der Waals surface area contributed by atoms with Crippen LogP contribution >= 0.6 is 39.7 Å². The number of anilines is 1. The molecule has 0 saturated carbocycles. The molecule has 0 aliphatic heterocycles. The third-order valence-corrected chi connectivity index (χ3v) is 4.49. The molecule has 0 aliphatic carbocycles.